The molecule has 0 atom stereocenters. The summed E-state index contributed by atoms with van der Waals surface area (Å²) >= 11 is 0. The van der Waals surface area contributed by atoms with Crippen LogP contribution in [0.15, 0.2) is 18.2 Å². The van der Waals surface area contributed by atoms with Crippen LogP contribution in [0, 0.1) is 0 Å². The van der Waals surface area contributed by atoms with Gasteiger partial charge in [0.1, 0.15) is 11.5 Å². The Kier molecular flexibility index (Phi) is 2.49. The predicted molar refractivity (Wildman–Crippen MR) is 55.2 cm³/mol. The number of hydrogen-bond acceptors (Lipinski definition) is 3. The Bertz CT molecular complexity index is 385. The van der Waals surface area contributed by atoms with Gasteiger partial charge in [-0.1, -0.05) is 0 Å². The molecular formula is C11H13NO3. The molecule has 0 aliphatic carbocycles. The molecule has 4 nitrogen and oxygen atoms in total. The number of ether oxygens (including phenoxy) is 1. The van der Waals surface area contributed by atoms with Crippen LogP contribution in [0.25, 0.3) is 0 Å². The first-order chi connectivity index (χ1) is 7.22. The van der Waals surface area contributed by atoms with Crippen LogP contribution in [0.2, 0.25) is 0 Å². The maximum absolute atomic E-state index is 11.8. The van der Waals surface area contributed by atoms with Gasteiger partial charge in [0, 0.05) is 19.2 Å². The van der Waals surface area contributed by atoms with Crippen molar-refractivity contribution in [3.05, 3.63) is 23.8 Å². The Morgan fingerprint density at radius 2 is 2.20 bits per heavy atom. The van der Waals surface area contributed by atoms with Gasteiger partial charge in [-0.25, -0.2) is 0 Å². The molecule has 0 bridgehead atoms. The zero-order valence-electron chi connectivity index (χ0n) is 8.56. The molecule has 2 rings (SSSR count). The molecule has 1 aromatic rings. The lowest BCUT2D eigenvalue weighted by atomic mass is 10.1. The van der Waals surface area contributed by atoms with E-state index in [9.17, 15) is 9.90 Å². The zero-order valence-corrected chi connectivity index (χ0v) is 8.56. The summed E-state index contributed by atoms with van der Waals surface area (Å²) in [4.78, 5) is 13.5. The van der Waals surface area contributed by atoms with E-state index in [4.69, 9.17) is 4.74 Å². The standard InChI is InChI=1S/C11H13NO3/c1-15-8-3-4-9(10(13)7-8)11(14)12-5-2-6-12/h3-4,7,13H,2,5-6H2,1H3. The van der Waals surface area contributed by atoms with Crippen molar-refractivity contribution in [2.45, 2.75) is 6.42 Å². The largest absolute Gasteiger partial charge is 0.507 e. The van der Waals surface area contributed by atoms with Gasteiger partial charge >= 0.3 is 0 Å². The minimum atomic E-state index is -0.110. The minimum Gasteiger partial charge on any atom is -0.507 e. The van der Waals surface area contributed by atoms with Crippen molar-refractivity contribution < 1.29 is 14.6 Å². The third-order valence-corrected chi connectivity index (χ3v) is 2.58. The molecule has 0 spiro atoms. The highest BCUT2D eigenvalue weighted by Gasteiger charge is 2.23. The SMILES string of the molecule is COc1ccc(C(=O)N2CCC2)c(O)c1. The van der Waals surface area contributed by atoms with Crippen molar-refractivity contribution >= 4 is 5.91 Å². The van der Waals surface area contributed by atoms with Crippen LogP contribution in [0.1, 0.15) is 16.8 Å². The molecule has 0 radical (unpaired) electrons. The molecule has 1 N–H and O–H groups in total. The third kappa shape index (κ3) is 1.75. The van der Waals surface area contributed by atoms with E-state index < -0.39 is 0 Å². The van der Waals surface area contributed by atoms with Gasteiger partial charge in [-0.2, -0.15) is 0 Å². The lowest BCUT2D eigenvalue weighted by molar-refractivity contribution is 0.0648. The fourth-order valence-electron chi connectivity index (χ4n) is 1.51. The average Bonchev–Trinajstić information content (AvgIpc) is 2.14. The highest BCUT2D eigenvalue weighted by molar-refractivity contribution is 5.97. The Labute approximate surface area is 88.1 Å². The highest BCUT2D eigenvalue weighted by Crippen LogP contribution is 2.25. The number of phenols is 1. The van der Waals surface area contributed by atoms with Crippen molar-refractivity contribution in [3.8, 4) is 11.5 Å². The summed E-state index contributed by atoms with van der Waals surface area (Å²) in [5.74, 6) is 0.417. The van der Waals surface area contributed by atoms with Crippen LogP contribution < -0.4 is 4.74 Å². The molecule has 0 unspecified atom stereocenters. The molecule has 0 saturated carbocycles. The van der Waals surface area contributed by atoms with E-state index in [1.54, 1.807) is 17.0 Å². The maximum atomic E-state index is 11.8. The number of carbonyl (C=O) groups is 1. The van der Waals surface area contributed by atoms with Gasteiger partial charge < -0.3 is 14.7 Å². The predicted octanol–water partition coefficient (Wildman–Crippen LogP) is 1.25. The molecule has 0 aromatic heterocycles. The number of hydrogen-bond donors (Lipinski definition) is 1. The van der Waals surface area contributed by atoms with Gasteiger partial charge in [0.05, 0.1) is 12.7 Å². The van der Waals surface area contributed by atoms with Gasteiger partial charge in [-0.15, -0.1) is 0 Å². The Balaban J connectivity index is 2.24. The number of nitrogens with zero attached hydrogens (tertiary/aromatic N) is 1. The summed E-state index contributed by atoms with van der Waals surface area (Å²) in [5.41, 5.74) is 0.343. The molecule has 1 aliphatic heterocycles. The number of amides is 1. The van der Waals surface area contributed by atoms with Gasteiger partial charge in [0.2, 0.25) is 0 Å². The van der Waals surface area contributed by atoms with Gasteiger partial charge in [0.25, 0.3) is 5.91 Å². The second kappa shape index (κ2) is 3.81. The normalized spacial score (nSPS) is 14.6. The van der Waals surface area contributed by atoms with Crippen LogP contribution in [-0.2, 0) is 0 Å². The lowest BCUT2D eigenvalue weighted by Gasteiger charge is -2.31. The van der Waals surface area contributed by atoms with E-state index in [-0.39, 0.29) is 11.7 Å². The summed E-state index contributed by atoms with van der Waals surface area (Å²) in [6.07, 6.45) is 1.04. The molecule has 1 aromatic carbocycles. The molecule has 1 amide bonds. The fraction of sp³-hybridized carbons (Fsp3) is 0.364. The smallest absolute Gasteiger partial charge is 0.257 e. The Morgan fingerprint density at radius 1 is 1.47 bits per heavy atom. The molecule has 1 saturated heterocycles. The molecule has 15 heavy (non-hydrogen) atoms. The number of methoxy groups -OCH3 is 1. The highest BCUT2D eigenvalue weighted by atomic mass is 16.5. The van der Waals surface area contributed by atoms with Crippen molar-refractivity contribution in [3.63, 3.8) is 0 Å². The van der Waals surface area contributed by atoms with Crippen LogP contribution in [0.4, 0.5) is 0 Å². The number of benzene rings is 1. The fourth-order valence-corrected chi connectivity index (χ4v) is 1.51. The molecule has 1 fully saturated rings. The van der Waals surface area contributed by atoms with Crippen LogP contribution in [-0.4, -0.2) is 36.1 Å². The van der Waals surface area contributed by atoms with Crippen molar-refractivity contribution in [1.29, 1.82) is 0 Å². The summed E-state index contributed by atoms with van der Waals surface area (Å²) in [7, 11) is 1.52. The Morgan fingerprint density at radius 3 is 2.67 bits per heavy atom. The van der Waals surface area contributed by atoms with E-state index in [1.807, 2.05) is 0 Å². The van der Waals surface area contributed by atoms with E-state index in [0.29, 0.717) is 11.3 Å². The number of aromatic hydroxyl groups is 1. The van der Waals surface area contributed by atoms with Crippen molar-refractivity contribution in [2.24, 2.45) is 0 Å². The number of likely N-dealkylation sites (tertiary alicyclic amines) is 1. The van der Waals surface area contributed by atoms with Crippen LogP contribution in [0.5, 0.6) is 11.5 Å². The van der Waals surface area contributed by atoms with Gasteiger partial charge in [-0.05, 0) is 18.6 Å². The first-order valence-electron chi connectivity index (χ1n) is 4.88. The van der Waals surface area contributed by atoms with E-state index >= 15 is 0 Å². The first kappa shape index (κ1) is 9.83. The van der Waals surface area contributed by atoms with Crippen LogP contribution in [0.3, 0.4) is 0 Å². The molecular weight excluding hydrogens is 194 g/mol. The average molecular weight is 207 g/mol. The summed E-state index contributed by atoms with van der Waals surface area (Å²) < 4.78 is 4.95. The van der Waals surface area contributed by atoms with Crippen molar-refractivity contribution in [1.82, 2.24) is 4.90 Å². The number of phenolic OH excluding ortho intramolecular Hbond substituents is 1. The first-order valence-corrected chi connectivity index (χ1v) is 4.88. The van der Waals surface area contributed by atoms with E-state index in [0.717, 1.165) is 19.5 Å². The van der Waals surface area contributed by atoms with Crippen molar-refractivity contribution in [2.75, 3.05) is 20.2 Å². The maximum Gasteiger partial charge on any atom is 0.257 e. The number of rotatable bonds is 2. The molecule has 1 aliphatic rings. The Hall–Kier alpha value is -1.71. The summed E-state index contributed by atoms with van der Waals surface area (Å²) in [6, 6.07) is 4.72. The van der Waals surface area contributed by atoms with E-state index in [2.05, 4.69) is 0 Å². The second-order valence-electron chi connectivity index (χ2n) is 3.53. The molecule has 4 heteroatoms. The topological polar surface area (TPSA) is 49.8 Å². The molecule has 80 valence electrons. The quantitative estimate of drug-likeness (QED) is 0.794. The lowest BCUT2D eigenvalue weighted by Crippen LogP contribution is -2.42. The van der Waals surface area contributed by atoms with Crippen LogP contribution >= 0.6 is 0 Å². The monoisotopic (exact) mass is 207 g/mol. The molecule has 1 heterocycles. The summed E-state index contributed by atoms with van der Waals surface area (Å²) in [6.45, 7) is 1.56. The van der Waals surface area contributed by atoms with Gasteiger partial charge in [0.15, 0.2) is 0 Å². The third-order valence-electron chi connectivity index (χ3n) is 2.58. The minimum absolute atomic E-state index is 0.0220. The second-order valence-corrected chi connectivity index (χ2v) is 3.53. The number of carbonyl (C=O) groups excluding carboxylic acids is 1. The van der Waals surface area contributed by atoms with E-state index in [1.165, 1.54) is 13.2 Å². The van der Waals surface area contributed by atoms with Gasteiger partial charge in [-0.3, -0.25) is 4.79 Å². The zero-order chi connectivity index (χ0) is 10.8. The summed E-state index contributed by atoms with van der Waals surface area (Å²) in [5, 5.41) is 9.63.